The van der Waals surface area contributed by atoms with Crippen LogP contribution in [0, 0.1) is 6.92 Å². The number of rotatable bonds is 1. The molecule has 2 amide bonds. The van der Waals surface area contributed by atoms with E-state index in [9.17, 15) is 14.4 Å². The van der Waals surface area contributed by atoms with Crippen LogP contribution in [0.5, 0.6) is 0 Å². The van der Waals surface area contributed by atoms with Crippen LogP contribution < -0.4 is 4.90 Å². The lowest BCUT2D eigenvalue weighted by Gasteiger charge is -2.12. The predicted octanol–water partition coefficient (Wildman–Crippen LogP) is 4.07. The molecule has 1 aliphatic heterocycles. The van der Waals surface area contributed by atoms with Crippen molar-refractivity contribution in [1.82, 2.24) is 0 Å². The van der Waals surface area contributed by atoms with Gasteiger partial charge in [-0.3, -0.25) is 14.4 Å². The van der Waals surface area contributed by atoms with Gasteiger partial charge in [-0.05, 0) is 30.7 Å². The number of carbonyl (C=O) groups is 3. The van der Waals surface area contributed by atoms with Crippen molar-refractivity contribution in [3.8, 4) is 11.1 Å². The minimum absolute atomic E-state index is 0.124. The molecule has 25 heavy (non-hydrogen) atoms. The van der Waals surface area contributed by atoms with Gasteiger partial charge in [0.25, 0.3) is 11.8 Å². The molecule has 0 saturated carbocycles. The van der Waals surface area contributed by atoms with E-state index >= 15 is 0 Å². The van der Waals surface area contributed by atoms with Crippen LogP contribution in [0.4, 0.5) is 5.00 Å². The highest BCUT2D eigenvalue weighted by Crippen LogP contribution is 2.47. The van der Waals surface area contributed by atoms with Crippen LogP contribution in [0.1, 0.15) is 42.2 Å². The number of imide groups is 1. The van der Waals surface area contributed by atoms with E-state index in [2.05, 4.69) is 0 Å². The zero-order valence-corrected chi connectivity index (χ0v) is 14.0. The number of fused-ring (bicyclic) bond motifs is 4. The molecule has 5 heteroatoms. The number of nitrogens with zero attached hydrogens (tertiary/aromatic N) is 1. The maximum Gasteiger partial charge on any atom is 0.266 e. The topological polar surface area (TPSA) is 54.5 Å². The molecule has 2 aliphatic rings. The molecular formula is C20H11NO3S. The maximum absolute atomic E-state index is 12.9. The Hall–Kier alpha value is -3.05. The smallest absolute Gasteiger partial charge is 0.266 e. The first kappa shape index (κ1) is 14.3. The third-order valence-electron chi connectivity index (χ3n) is 4.71. The number of ketones is 1. The standard InChI is InChI=1S/C20H11NO3S/c1-10-6-7-11-14(8-10)17(22)16-15(11)9-25-20(16)21-18(23)12-4-2-3-5-13(12)19(21)24/h2-9H,1H3. The molecule has 0 radical (unpaired) electrons. The van der Waals surface area contributed by atoms with Gasteiger partial charge in [-0.15, -0.1) is 11.3 Å². The van der Waals surface area contributed by atoms with Gasteiger partial charge < -0.3 is 0 Å². The van der Waals surface area contributed by atoms with Crippen molar-refractivity contribution in [2.24, 2.45) is 0 Å². The third-order valence-corrected chi connectivity index (χ3v) is 5.67. The number of thiophene rings is 1. The first-order chi connectivity index (χ1) is 12.1. The zero-order valence-electron chi connectivity index (χ0n) is 13.2. The molecule has 3 aromatic rings. The summed E-state index contributed by atoms with van der Waals surface area (Å²) >= 11 is 1.26. The van der Waals surface area contributed by atoms with Crippen LogP contribution in [0.25, 0.3) is 11.1 Å². The summed E-state index contributed by atoms with van der Waals surface area (Å²) in [5, 5.41) is 2.27. The van der Waals surface area contributed by atoms with E-state index in [1.807, 2.05) is 30.5 Å². The Morgan fingerprint density at radius 1 is 0.800 bits per heavy atom. The number of benzene rings is 2. The van der Waals surface area contributed by atoms with Gasteiger partial charge in [0, 0.05) is 16.5 Å². The molecule has 2 heterocycles. The molecular weight excluding hydrogens is 334 g/mol. The van der Waals surface area contributed by atoms with E-state index in [1.54, 1.807) is 24.3 Å². The van der Waals surface area contributed by atoms with Crippen LogP contribution in [-0.2, 0) is 0 Å². The van der Waals surface area contributed by atoms with Crippen molar-refractivity contribution in [1.29, 1.82) is 0 Å². The largest absolute Gasteiger partial charge is 0.288 e. The van der Waals surface area contributed by atoms with E-state index in [4.69, 9.17) is 0 Å². The second-order valence-corrected chi connectivity index (χ2v) is 7.06. The van der Waals surface area contributed by atoms with E-state index in [0.717, 1.165) is 21.6 Å². The van der Waals surface area contributed by atoms with Crippen LogP contribution >= 0.6 is 11.3 Å². The molecule has 120 valence electrons. The fourth-order valence-electron chi connectivity index (χ4n) is 3.52. The van der Waals surface area contributed by atoms with Crippen molar-refractivity contribution < 1.29 is 14.4 Å². The highest BCUT2D eigenvalue weighted by Gasteiger charge is 2.41. The van der Waals surface area contributed by atoms with Gasteiger partial charge in [0.2, 0.25) is 0 Å². The Labute approximate surface area is 147 Å². The Balaban J connectivity index is 1.69. The molecule has 0 unspecified atom stereocenters. The molecule has 0 spiro atoms. The van der Waals surface area contributed by atoms with E-state index in [0.29, 0.717) is 27.3 Å². The van der Waals surface area contributed by atoms with Crippen molar-refractivity contribution in [3.05, 3.63) is 75.7 Å². The number of carbonyl (C=O) groups excluding carboxylic acids is 3. The first-order valence-electron chi connectivity index (χ1n) is 7.83. The van der Waals surface area contributed by atoms with Crippen molar-refractivity contribution in [2.75, 3.05) is 4.90 Å². The SMILES string of the molecule is Cc1ccc2c(c1)C(=O)c1c-2csc1N1C(=O)c2ccccc2C1=O. The van der Waals surface area contributed by atoms with Gasteiger partial charge in [-0.25, -0.2) is 4.90 Å². The summed E-state index contributed by atoms with van der Waals surface area (Å²) in [5.41, 5.74) is 4.53. The lowest BCUT2D eigenvalue weighted by molar-refractivity contribution is 0.0927. The summed E-state index contributed by atoms with van der Waals surface area (Å²) in [6.07, 6.45) is 0. The third kappa shape index (κ3) is 1.73. The van der Waals surface area contributed by atoms with Gasteiger partial charge >= 0.3 is 0 Å². The number of hydrogen-bond donors (Lipinski definition) is 0. The quantitative estimate of drug-likeness (QED) is 0.489. The Kier molecular flexibility index (Phi) is 2.71. The molecule has 0 N–H and O–H groups in total. The van der Waals surface area contributed by atoms with E-state index in [1.165, 1.54) is 11.3 Å². The molecule has 0 saturated heterocycles. The number of anilines is 1. The maximum atomic E-state index is 12.9. The van der Waals surface area contributed by atoms with Gasteiger partial charge in [-0.1, -0.05) is 29.8 Å². The van der Waals surface area contributed by atoms with Gasteiger partial charge in [0.15, 0.2) is 5.78 Å². The lowest BCUT2D eigenvalue weighted by Crippen LogP contribution is -2.29. The van der Waals surface area contributed by atoms with Crippen LogP contribution in [-0.4, -0.2) is 17.6 Å². The van der Waals surface area contributed by atoms with Crippen LogP contribution in [0.2, 0.25) is 0 Å². The van der Waals surface area contributed by atoms with E-state index < -0.39 is 0 Å². The average molecular weight is 345 g/mol. The summed E-state index contributed by atoms with van der Waals surface area (Å²) in [5.74, 6) is -0.864. The van der Waals surface area contributed by atoms with Crippen molar-refractivity contribution in [3.63, 3.8) is 0 Å². The summed E-state index contributed by atoms with van der Waals surface area (Å²) in [4.78, 5) is 39.5. The summed E-state index contributed by atoms with van der Waals surface area (Å²) < 4.78 is 0. The summed E-state index contributed by atoms with van der Waals surface area (Å²) in [6.45, 7) is 1.93. The molecule has 4 nitrogen and oxygen atoms in total. The number of amides is 2. The van der Waals surface area contributed by atoms with E-state index in [-0.39, 0.29) is 17.6 Å². The fourth-order valence-corrected chi connectivity index (χ4v) is 4.59. The average Bonchev–Trinajstić information content (AvgIpc) is 3.22. The van der Waals surface area contributed by atoms with Crippen molar-refractivity contribution in [2.45, 2.75) is 6.92 Å². The second kappa shape index (κ2) is 4.74. The first-order valence-corrected chi connectivity index (χ1v) is 8.71. The number of hydrogen-bond acceptors (Lipinski definition) is 4. The lowest BCUT2D eigenvalue weighted by atomic mass is 10.1. The molecule has 1 aliphatic carbocycles. The molecule has 0 fully saturated rings. The molecule has 1 aromatic heterocycles. The second-order valence-electron chi connectivity index (χ2n) is 6.20. The Morgan fingerprint density at radius 2 is 1.48 bits per heavy atom. The van der Waals surface area contributed by atoms with Crippen molar-refractivity contribution >= 4 is 33.9 Å². The minimum atomic E-state index is -0.370. The zero-order chi connectivity index (χ0) is 17.3. The fraction of sp³-hybridized carbons (Fsp3) is 0.0500. The molecule has 2 aromatic carbocycles. The predicted molar refractivity (Wildman–Crippen MR) is 95.5 cm³/mol. The molecule has 0 atom stereocenters. The Morgan fingerprint density at radius 3 is 2.16 bits per heavy atom. The Bertz CT molecular complexity index is 1090. The van der Waals surface area contributed by atoms with Gasteiger partial charge in [0.1, 0.15) is 5.00 Å². The minimum Gasteiger partial charge on any atom is -0.288 e. The normalized spacial score (nSPS) is 14.8. The van der Waals surface area contributed by atoms with Gasteiger partial charge in [0.05, 0.1) is 16.7 Å². The summed E-state index contributed by atoms with van der Waals surface area (Å²) in [6, 6.07) is 12.5. The highest BCUT2D eigenvalue weighted by molar-refractivity contribution is 7.15. The highest BCUT2D eigenvalue weighted by atomic mass is 32.1. The molecule has 5 rings (SSSR count). The molecule has 0 bridgehead atoms. The van der Waals surface area contributed by atoms with Crippen LogP contribution in [0.15, 0.2) is 47.8 Å². The monoisotopic (exact) mass is 345 g/mol. The summed E-state index contributed by atoms with van der Waals surface area (Å²) in [7, 11) is 0. The van der Waals surface area contributed by atoms with Crippen LogP contribution in [0.3, 0.4) is 0 Å². The number of aryl methyl sites for hydroxylation is 1. The van der Waals surface area contributed by atoms with Gasteiger partial charge in [-0.2, -0.15) is 0 Å².